The van der Waals surface area contributed by atoms with Gasteiger partial charge >= 0.3 is 0 Å². The molecule has 2 unspecified atom stereocenters. The number of phenols is 2. The van der Waals surface area contributed by atoms with Gasteiger partial charge in [-0.15, -0.1) is 0 Å². The second kappa shape index (κ2) is 13.2. The van der Waals surface area contributed by atoms with Crippen LogP contribution in [0.4, 0.5) is 0 Å². The zero-order valence-electron chi connectivity index (χ0n) is 30.7. The number of hydrogen-bond donors (Lipinski definition) is 4. The summed E-state index contributed by atoms with van der Waals surface area (Å²) < 4.78 is 0. The molecule has 0 radical (unpaired) electrons. The van der Waals surface area contributed by atoms with Gasteiger partial charge in [0.2, 0.25) is 0 Å². The molecule has 6 bridgehead atoms. The first kappa shape index (κ1) is 35.4. The van der Waals surface area contributed by atoms with Crippen LogP contribution >= 0.6 is 0 Å². The topological polar surface area (TPSA) is 71.0 Å². The third-order valence-corrected chi connectivity index (χ3v) is 9.90. The van der Waals surface area contributed by atoms with Gasteiger partial charge in [0.25, 0.3) is 0 Å². The van der Waals surface area contributed by atoms with E-state index < -0.39 is 0 Å². The predicted molar refractivity (Wildman–Crippen MR) is 195 cm³/mol. The molecule has 0 spiro atoms. The number of rotatable bonds is 1. The molecule has 0 aliphatic carbocycles. The minimum atomic E-state index is -0.0588. The van der Waals surface area contributed by atoms with E-state index in [4.69, 9.17) is 0 Å². The Balaban J connectivity index is 1.69. The van der Waals surface area contributed by atoms with Crippen LogP contribution in [0.3, 0.4) is 0 Å². The first-order chi connectivity index (χ1) is 21.8. The average molecular weight is 641 g/mol. The van der Waals surface area contributed by atoms with E-state index in [0.717, 1.165) is 48.4 Å². The monoisotopic (exact) mass is 640 g/mol. The van der Waals surface area contributed by atoms with Crippen LogP contribution in [0.25, 0.3) is 0 Å². The summed E-state index contributed by atoms with van der Waals surface area (Å²) in [6.07, 6.45) is -0.0255. The van der Waals surface area contributed by atoms with Gasteiger partial charge in [-0.2, -0.15) is 0 Å². The quantitative estimate of drug-likeness (QED) is 0.216. The Bertz CT molecular complexity index is 1450. The molecule has 5 rings (SSSR count). The van der Waals surface area contributed by atoms with Gasteiger partial charge in [0.15, 0.2) is 0 Å². The molecule has 2 atom stereocenters. The third-order valence-electron chi connectivity index (χ3n) is 9.90. The molecule has 0 amide bonds. The van der Waals surface area contributed by atoms with Crippen molar-refractivity contribution in [3.63, 3.8) is 0 Å². The summed E-state index contributed by atoms with van der Waals surface area (Å²) in [5.41, 5.74) is 7.37. The molecular weight excluding hydrogens is 580 g/mol. The summed E-state index contributed by atoms with van der Waals surface area (Å²) in [6, 6.07) is 19.6. The Morgan fingerprint density at radius 1 is 0.617 bits per heavy atom. The van der Waals surface area contributed by atoms with E-state index in [0.29, 0.717) is 37.7 Å². The molecule has 6 nitrogen and oxygen atoms in total. The second-order valence-electron chi connectivity index (χ2n) is 17.9. The van der Waals surface area contributed by atoms with Crippen molar-refractivity contribution in [1.82, 2.24) is 20.4 Å². The van der Waals surface area contributed by atoms with Crippen molar-refractivity contribution in [2.75, 3.05) is 26.2 Å². The fourth-order valence-electron chi connectivity index (χ4n) is 7.35. The molecule has 2 aliphatic rings. The number of nitrogens with zero attached hydrogens (tertiary/aromatic N) is 2. The molecule has 1 saturated heterocycles. The maximum atomic E-state index is 11.9. The Kier molecular flexibility index (Phi) is 9.94. The first-order valence-electron chi connectivity index (χ1n) is 17.5. The molecule has 0 aromatic heterocycles. The van der Waals surface area contributed by atoms with Crippen molar-refractivity contribution < 1.29 is 10.2 Å². The molecule has 1 fully saturated rings. The number of hydrogen-bond acceptors (Lipinski definition) is 6. The number of aromatic hydroxyl groups is 2. The van der Waals surface area contributed by atoms with E-state index in [9.17, 15) is 10.2 Å². The van der Waals surface area contributed by atoms with Crippen LogP contribution in [0.1, 0.15) is 114 Å². The number of phenolic OH excluding ortho intramolecular Hbond substituents is 2. The Morgan fingerprint density at radius 2 is 1.02 bits per heavy atom. The van der Waals surface area contributed by atoms with E-state index in [1.54, 1.807) is 0 Å². The maximum absolute atomic E-state index is 11.9. The van der Waals surface area contributed by atoms with Gasteiger partial charge in [0, 0.05) is 74.6 Å². The molecule has 256 valence electrons. The summed E-state index contributed by atoms with van der Waals surface area (Å²) >= 11 is 0. The van der Waals surface area contributed by atoms with Crippen molar-refractivity contribution in [3.05, 3.63) is 93.5 Å². The Morgan fingerprint density at radius 3 is 1.43 bits per heavy atom. The van der Waals surface area contributed by atoms with Gasteiger partial charge in [0.05, 0.1) is 6.17 Å². The Labute approximate surface area is 284 Å². The van der Waals surface area contributed by atoms with Gasteiger partial charge in [-0.05, 0) is 38.4 Å². The molecule has 6 heteroatoms. The van der Waals surface area contributed by atoms with Gasteiger partial charge < -0.3 is 20.8 Å². The molecule has 2 aliphatic heterocycles. The number of nitrogens with one attached hydrogen (secondary N) is 2. The minimum Gasteiger partial charge on any atom is -0.507 e. The lowest BCUT2D eigenvalue weighted by atomic mass is 9.83. The summed E-state index contributed by atoms with van der Waals surface area (Å²) in [4.78, 5) is 5.08. The van der Waals surface area contributed by atoms with Crippen LogP contribution in [0.2, 0.25) is 0 Å². The van der Waals surface area contributed by atoms with Crippen LogP contribution in [0, 0.1) is 10.8 Å². The van der Waals surface area contributed by atoms with E-state index in [1.165, 1.54) is 16.7 Å². The molecule has 0 saturated carbocycles. The van der Waals surface area contributed by atoms with Crippen molar-refractivity contribution in [1.29, 1.82) is 0 Å². The predicted octanol–water partition coefficient (Wildman–Crippen LogP) is 7.95. The summed E-state index contributed by atoms with van der Waals surface area (Å²) in [5.74, 6) is 0.786. The van der Waals surface area contributed by atoms with Crippen LogP contribution in [-0.4, -0.2) is 46.2 Å². The average Bonchev–Trinajstić information content (AvgIpc) is 2.95. The second-order valence-corrected chi connectivity index (χ2v) is 17.9. The summed E-state index contributed by atoms with van der Waals surface area (Å²) in [6.45, 7) is 28.5. The fraction of sp³-hybridized carbons (Fsp3) is 0.561. The first-order valence-corrected chi connectivity index (χ1v) is 17.5. The molecule has 3 aromatic rings. The lowest BCUT2D eigenvalue weighted by Crippen LogP contribution is -2.54. The Hall–Kier alpha value is -2.90. The zero-order valence-corrected chi connectivity index (χ0v) is 30.7. The van der Waals surface area contributed by atoms with E-state index in [1.807, 2.05) is 0 Å². The van der Waals surface area contributed by atoms with E-state index >= 15 is 0 Å². The third kappa shape index (κ3) is 8.40. The van der Waals surface area contributed by atoms with E-state index in [2.05, 4.69) is 144 Å². The van der Waals surface area contributed by atoms with E-state index in [-0.39, 0.29) is 27.8 Å². The highest BCUT2D eigenvalue weighted by molar-refractivity contribution is 5.47. The molecule has 47 heavy (non-hydrogen) atoms. The molecule has 3 aromatic carbocycles. The molecule has 4 N–H and O–H groups in total. The highest BCUT2D eigenvalue weighted by Crippen LogP contribution is 2.42. The van der Waals surface area contributed by atoms with Crippen LogP contribution in [0.5, 0.6) is 11.5 Å². The molecular formula is C41H60N4O2. The fourth-order valence-corrected chi connectivity index (χ4v) is 7.35. The van der Waals surface area contributed by atoms with Gasteiger partial charge in [-0.25, -0.2) is 0 Å². The largest absolute Gasteiger partial charge is 0.507 e. The van der Waals surface area contributed by atoms with Crippen LogP contribution < -0.4 is 10.6 Å². The van der Waals surface area contributed by atoms with Gasteiger partial charge in [-0.3, -0.25) is 9.80 Å². The lowest BCUT2D eigenvalue weighted by molar-refractivity contribution is -0.0666. The smallest absolute Gasteiger partial charge is 0.124 e. The number of benzene rings is 3. The lowest BCUT2D eigenvalue weighted by Gasteiger charge is -2.51. The highest BCUT2D eigenvalue weighted by Gasteiger charge is 2.40. The van der Waals surface area contributed by atoms with Crippen LogP contribution in [0.15, 0.2) is 54.6 Å². The highest BCUT2D eigenvalue weighted by atomic mass is 16.3. The van der Waals surface area contributed by atoms with Gasteiger partial charge in [-0.1, -0.05) is 124 Å². The number of fused-ring (bicyclic) bond motifs is 6. The standard InChI is InChI=1S/C41H60N4O2/c1-38(2,3)33-16-29-20-42-24-40(7,8)25-43-21-30-17-34(39(4,5)6)19-32(36(30)47)23-45-27-41(9,10)26-44(22-31(18-33)35(29)46)37(45)28-14-12-11-13-15-28/h11-19,37,42-43,46-47H,20-27H2,1-10H3. The van der Waals surface area contributed by atoms with Crippen molar-refractivity contribution in [2.45, 2.75) is 112 Å². The minimum absolute atomic E-state index is 0.0129. The van der Waals surface area contributed by atoms with Crippen molar-refractivity contribution >= 4 is 0 Å². The normalized spacial score (nSPS) is 23.8. The summed E-state index contributed by atoms with van der Waals surface area (Å²) in [5, 5.41) is 31.1. The van der Waals surface area contributed by atoms with Crippen molar-refractivity contribution in [3.8, 4) is 11.5 Å². The SMILES string of the molecule is CC1(C)CNCc2cc(C(C)(C)C)cc(c2O)CN2CC(C)(C)CN(Cc3cc(C(C)(C)C)cc(c3O)CNC1)C2c1ccccc1. The maximum Gasteiger partial charge on any atom is 0.124 e. The van der Waals surface area contributed by atoms with Gasteiger partial charge in [0.1, 0.15) is 11.5 Å². The zero-order chi connectivity index (χ0) is 34.4. The summed E-state index contributed by atoms with van der Waals surface area (Å²) in [7, 11) is 0. The van der Waals surface area contributed by atoms with Crippen LogP contribution in [-0.2, 0) is 37.0 Å². The molecule has 2 heterocycles. The van der Waals surface area contributed by atoms with Crippen molar-refractivity contribution in [2.24, 2.45) is 10.8 Å².